The van der Waals surface area contributed by atoms with E-state index >= 15 is 0 Å². The van der Waals surface area contributed by atoms with Crippen molar-refractivity contribution in [3.8, 4) is 11.1 Å². The summed E-state index contributed by atoms with van der Waals surface area (Å²) in [5.74, 6) is -0.767. The van der Waals surface area contributed by atoms with Crippen molar-refractivity contribution in [3.63, 3.8) is 0 Å². The normalized spacial score (nSPS) is 15.2. The van der Waals surface area contributed by atoms with Gasteiger partial charge in [0.2, 0.25) is 0 Å². The monoisotopic (exact) mass is 408 g/mol. The van der Waals surface area contributed by atoms with Gasteiger partial charge in [-0.3, -0.25) is 0 Å². The first-order chi connectivity index (χ1) is 13.5. The first-order valence-electron chi connectivity index (χ1n) is 8.51. The van der Waals surface area contributed by atoms with E-state index in [-0.39, 0.29) is 17.1 Å². The maximum Gasteiger partial charge on any atom is 0.348 e. The van der Waals surface area contributed by atoms with Crippen molar-refractivity contribution in [2.45, 2.75) is 0 Å². The standard InChI is InChI=1S/C23H14Cl2O3/c24-18-11-10-17(13-19(18)25)21-22(26)20(28-23(21)27)12-14-6-8-16(9-7-14)15-4-2-1-3-5-15/h1-13,26H/b20-12+. The molecule has 0 radical (unpaired) electrons. The summed E-state index contributed by atoms with van der Waals surface area (Å²) in [5, 5.41) is 11.2. The Balaban J connectivity index is 1.66. The van der Waals surface area contributed by atoms with Crippen LogP contribution in [0, 0.1) is 0 Å². The Morgan fingerprint density at radius 2 is 1.43 bits per heavy atom. The van der Waals surface area contributed by atoms with Gasteiger partial charge in [0.25, 0.3) is 0 Å². The maximum absolute atomic E-state index is 12.3. The van der Waals surface area contributed by atoms with E-state index in [0.29, 0.717) is 15.6 Å². The molecule has 1 aliphatic heterocycles. The van der Waals surface area contributed by atoms with Crippen LogP contribution in [-0.4, -0.2) is 11.1 Å². The van der Waals surface area contributed by atoms with Gasteiger partial charge in [-0.05, 0) is 40.5 Å². The van der Waals surface area contributed by atoms with Crippen LogP contribution in [0.2, 0.25) is 10.0 Å². The van der Waals surface area contributed by atoms with Crippen molar-refractivity contribution in [3.05, 3.63) is 105 Å². The van der Waals surface area contributed by atoms with E-state index in [1.807, 2.05) is 54.6 Å². The highest BCUT2D eigenvalue weighted by Crippen LogP contribution is 2.35. The molecule has 0 aromatic heterocycles. The number of rotatable bonds is 3. The molecule has 3 nitrogen and oxygen atoms in total. The minimum absolute atomic E-state index is 0.0609. The Bertz CT molecular complexity index is 1110. The van der Waals surface area contributed by atoms with Crippen LogP contribution in [0.5, 0.6) is 0 Å². The Morgan fingerprint density at radius 3 is 2.11 bits per heavy atom. The number of hydrogen-bond donors (Lipinski definition) is 1. The number of halogens is 2. The molecule has 1 N–H and O–H groups in total. The summed E-state index contributed by atoms with van der Waals surface area (Å²) in [4.78, 5) is 12.3. The summed E-state index contributed by atoms with van der Waals surface area (Å²) in [6, 6.07) is 22.4. The first kappa shape index (κ1) is 18.4. The summed E-state index contributed by atoms with van der Waals surface area (Å²) in [7, 11) is 0. The lowest BCUT2D eigenvalue weighted by Crippen LogP contribution is -1.98. The zero-order valence-corrected chi connectivity index (χ0v) is 16.0. The topological polar surface area (TPSA) is 46.5 Å². The lowest BCUT2D eigenvalue weighted by Gasteiger charge is -2.03. The van der Waals surface area contributed by atoms with Crippen LogP contribution in [0.15, 0.2) is 84.3 Å². The molecule has 28 heavy (non-hydrogen) atoms. The van der Waals surface area contributed by atoms with Gasteiger partial charge < -0.3 is 9.84 Å². The van der Waals surface area contributed by atoms with E-state index in [1.165, 1.54) is 6.07 Å². The van der Waals surface area contributed by atoms with Crippen molar-refractivity contribution < 1.29 is 14.6 Å². The summed E-state index contributed by atoms with van der Waals surface area (Å²) in [6.07, 6.45) is 1.62. The number of aliphatic hydroxyl groups excluding tert-OH is 1. The number of cyclic esters (lactones) is 1. The van der Waals surface area contributed by atoms with E-state index in [0.717, 1.165) is 16.7 Å². The highest BCUT2D eigenvalue weighted by Gasteiger charge is 2.31. The Morgan fingerprint density at radius 1 is 0.786 bits per heavy atom. The zero-order valence-electron chi connectivity index (χ0n) is 14.5. The van der Waals surface area contributed by atoms with Gasteiger partial charge in [-0.15, -0.1) is 0 Å². The summed E-state index contributed by atoms with van der Waals surface area (Å²) < 4.78 is 5.25. The van der Waals surface area contributed by atoms with Gasteiger partial charge in [0.05, 0.1) is 10.0 Å². The quantitative estimate of drug-likeness (QED) is 0.501. The molecule has 0 aliphatic carbocycles. The van der Waals surface area contributed by atoms with Crippen LogP contribution in [0.1, 0.15) is 11.1 Å². The number of ether oxygens (including phenoxy) is 1. The van der Waals surface area contributed by atoms with Crippen LogP contribution in [0.4, 0.5) is 0 Å². The molecule has 3 aromatic carbocycles. The van der Waals surface area contributed by atoms with E-state index in [9.17, 15) is 9.90 Å². The van der Waals surface area contributed by atoms with Crippen LogP contribution >= 0.6 is 23.2 Å². The minimum Gasteiger partial charge on any atom is -0.504 e. The second kappa shape index (κ2) is 7.55. The van der Waals surface area contributed by atoms with Crippen molar-refractivity contribution in [2.24, 2.45) is 0 Å². The SMILES string of the molecule is O=C1O/C(=C/c2ccc(-c3ccccc3)cc2)C(O)=C1c1ccc(Cl)c(Cl)c1. The lowest BCUT2D eigenvalue weighted by molar-refractivity contribution is -0.131. The highest BCUT2D eigenvalue weighted by molar-refractivity contribution is 6.42. The fraction of sp³-hybridized carbons (Fsp3) is 0. The van der Waals surface area contributed by atoms with Crippen LogP contribution in [0.3, 0.4) is 0 Å². The van der Waals surface area contributed by atoms with E-state index < -0.39 is 5.97 Å². The van der Waals surface area contributed by atoms with Crippen LogP contribution in [-0.2, 0) is 9.53 Å². The number of aliphatic hydroxyl groups is 1. The molecule has 138 valence electrons. The van der Waals surface area contributed by atoms with Crippen LogP contribution in [0.25, 0.3) is 22.8 Å². The minimum atomic E-state index is -0.636. The number of hydrogen-bond acceptors (Lipinski definition) is 3. The molecule has 4 rings (SSSR count). The third-order valence-electron chi connectivity index (χ3n) is 4.40. The van der Waals surface area contributed by atoms with E-state index in [2.05, 4.69) is 0 Å². The second-order valence-electron chi connectivity index (χ2n) is 6.24. The molecule has 0 amide bonds. The Hall–Kier alpha value is -3.01. The molecule has 3 aromatic rings. The number of carbonyl (C=O) groups excluding carboxylic acids is 1. The molecule has 0 unspecified atom stereocenters. The molecule has 5 heteroatoms. The third kappa shape index (κ3) is 3.55. The fourth-order valence-corrected chi connectivity index (χ4v) is 3.28. The summed E-state index contributed by atoms with van der Waals surface area (Å²) in [5.41, 5.74) is 3.48. The Labute approximate surface area is 172 Å². The van der Waals surface area contributed by atoms with E-state index in [4.69, 9.17) is 27.9 Å². The van der Waals surface area contributed by atoms with Gasteiger partial charge in [0.15, 0.2) is 11.5 Å². The molecule has 0 atom stereocenters. The summed E-state index contributed by atoms with van der Waals surface area (Å²) >= 11 is 11.9. The Kier molecular flexibility index (Phi) is 4.95. The zero-order chi connectivity index (χ0) is 19.7. The van der Waals surface area contributed by atoms with Gasteiger partial charge in [0.1, 0.15) is 5.57 Å². The molecule has 0 fully saturated rings. The van der Waals surface area contributed by atoms with Gasteiger partial charge in [-0.25, -0.2) is 4.79 Å². The predicted molar refractivity (Wildman–Crippen MR) is 112 cm³/mol. The average molecular weight is 409 g/mol. The van der Waals surface area contributed by atoms with Gasteiger partial charge in [0, 0.05) is 0 Å². The van der Waals surface area contributed by atoms with Crippen molar-refractivity contribution >= 4 is 40.8 Å². The first-order valence-corrected chi connectivity index (χ1v) is 9.27. The molecule has 0 spiro atoms. The molecule has 1 heterocycles. The fourth-order valence-electron chi connectivity index (χ4n) is 2.98. The van der Waals surface area contributed by atoms with Gasteiger partial charge >= 0.3 is 5.97 Å². The number of esters is 1. The van der Waals surface area contributed by atoms with Gasteiger partial charge in [-0.1, -0.05) is 83.9 Å². The molecule has 1 aliphatic rings. The molecular weight excluding hydrogens is 395 g/mol. The molecule has 0 bridgehead atoms. The van der Waals surface area contributed by atoms with Crippen molar-refractivity contribution in [2.75, 3.05) is 0 Å². The molecule has 0 saturated carbocycles. The predicted octanol–water partition coefficient (Wildman–Crippen LogP) is 6.53. The van der Waals surface area contributed by atoms with E-state index in [1.54, 1.807) is 18.2 Å². The largest absolute Gasteiger partial charge is 0.504 e. The maximum atomic E-state index is 12.3. The summed E-state index contributed by atoms with van der Waals surface area (Å²) in [6.45, 7) is 0. The number of carbonyl (C=O) groups is 1. The highest BCUT2D eigenvalue weighted by atomic mass is 35.5. The second-order valence-corrected chi connectivity index (χ2v) is 7.05. The third-order valence-corrected chi connectivity index (χ3v) is 5.14. The van der Waals surface area contributed by atoms with Crippen molar-refractivity contribution in [1.29, 1.82) is 0 Å². The van der Waals surface area contributed by atoms with Crippen molar-refractivity contribution in [1.82, 2.24) is 0 Å². The lowest BCUT2D eigenvalue weighted by atomic mass is 10.0. The number of benzene rings is 3. The molecule has 0 saturated heterocycles. The van der Waals surface area contributed by atoms with Gasteiger partial charge in [-0.2, -0.15) is 0 Å². The smallest absolute Gasteiger partial charge is 0.348 e. The average Bonchev–Trinajstić information content (AvgIpc) is 2.98. The van der Waals surface area contributed by atoms with Crippen LogP contribution < -0.4 is 0 Å². The molecular formula is C23H14Cl2O3.